The summed E-state index contributed by atoms with van der Waals surface area (Å²) in [4.78, 5) is 27.1. The molecule has 2 rings (SSSR count). The average Bonchev–Trinajstić information content (AvgIpc) is 2.61. The van der Waals surface area contributed by atoms with Crippen molar-refractivity contribution in [3.05, 3.63) is 24.3 Å². The predicted molar refractivity (Wildman–Crippen MR) is 98.0 cm³/mol. The van der Waals surface area contributed by atoms with Crippen LogP contribution in [0.2, 0.25) is 0 Å². The number of carbonyl (C=O) groups is 2. The maximum absolute atomic E-state index is 12.5. The summed E-state index contributed by atoms with van der Waals surface area (Å²) in [5.41, 5.74) is 0.852. The Morgan fingerprint density at radius 1 is 1.15 bits per heavy atom. The fraction of sp³-hybridized carbons (Fsp3) is 0.474. The van der Waals surface area contributed by atoms with Gasteiger partial charge in [-0.2, -0.15) is 0 Å². The van der Waals surface area contributed by atoms with Gasteiger partial charge in [0, 0.05) is 30.7 Å². The van der Waals surface area contributed by atoms with Crippen LogP contribution in [-0.2, 0) is 19.0 Å². The molecule has 0 unspecified atom stereocenters. The lowest BCUT2D eigenvalue weighted by Crippen LogP contribution is -2.36. The van der Waals surface area contributed by atoms with Crippen molar-refractivity contribution in [1.82, 2.24) is 0 Å². The maximum atomic E-state index is 12.5. The third-order valence-electron chi connectivity index (χ3n) is 3.52. The number of anilines is 2. The third-order valence-corrected chi connectivity index (χ3v) is 3.52. The summed E-state index contributed by atoms with van der Waals surface area (Å²) in [7, 11) is 1.23. The van der Waals surface area contributed by atoms with E-state index in [1.54, 1.807) is 32.9 Å². The van der Waals surface area contributed by atoms with E-state index in [2.05, 4.69) is 21.6 Å². The van der Waals surface area contributed by atoms with Crippen LogP contribution in [0, 0.1) is 12.0 Å². The lowest BCUT2D eigenvalue weighted by Gasteiger charge is -2.29. The molecule has 0 N–H and O–H groups in total. The smallest absolute Gasteiger partial charge is 0.426 e. The van der Waals surface area contributed by atoms with E-state index in [-0.39, 0.29) is 0 Å². The molecule has 0 aliphatic carbocycles. The standard InChI is InChI=1S/C19H24N2O5/c1-19(2,3)26-18(23)21(10-9-17(22)24-4)16-7-5-15(6-8-16)20-11-13-25-14-12-20/h5-8H,11-14H2,1-4H3. The molecule has 1 aliphatic heterocycles. The molecule has 1 heterocycles. The molecule has 1 amide bonds. The van der Waals surface area contributed by atoms with E-state index < -0.39 is 17.7 Å². The van der Waals surface area contributed by atoms with Crippen molar-refractivity contribution >= 4 is 23.4 Å². The molecule has 0 spiro atoms. The van der Waals surface area contributed by atoms with Crippen molar-refractivity contribution in [3.63, 3.8) is 0 Å². The molecule has 26 heavy (non-hydrogen) atoms. The van der Waals surface area contributed by atoms with Crippen LogP contribution in [0.15, 0.2) is 24.3 Å². The summed E-state index contributed by atoms with van der Waals surface area (Å²) in [6.45, 7) is 8.30. The van der Waals surface area contributed by atoms with Crippen LogP contribution in [0.25, 0.3) is 0 Å². The Bertz CT molecular complexity index is 691. The highest BCUT2D eigenvalue weighted by Crippen LogP contribution is 2.23. The minimum absolute atomic E-state index is 0.507. The molecule has 7 nitrogen and oxygen atoms in total. The molecule has 1 fully saturated rings. The molecule has 0 atom stereocenters. The fourth-order valence-electron chi connectivity index (χ4n) is 2.31. The second-order valence-electron chi connectivity index (χ2n) is 6.66. The van der Waals surface area contributed by atoms with Crippen LogP contribution in [0.4, 0.5) is 16.2 Å². The Hall–Kier alpha value is -2.72. The zero-order valence-electron chi connectivity index (χ0n) is 15.6. The molecule has 1 aromatic carbocycles. The second kappa shape index (κ2) is 8.59. The number of benzene rings is 1. The molecule has 1 aromatic rings. The number of methoxy groups -OCH3 is 1. The highest BCUT2D eigenvalue weighted by Gasteiger charge is 2.23. The average molecular weight is 360 g/mol. The van der Waals surface area contributed by atoms with Gasteiger partial charge in [-0.25, -0.2) is 14.5 Å². The minimum Gasteiger partial charge on any atom is -0.459 e. The lowest BCUT2D eigenvalue weighted by atomic mass is 10.2. The van der Waals surface area contributed by atoms with Gasteiger partial charge in [0.05, 0.1) is 26.0 Å². The first-order chi connectivity index (χ1) is 12.3. The van der Waals surface area contributed by atoms with Gasteiger partial charge in [0.1, 0.15) is 5.60 Å². The van der Waals surface area contributed by atoms with Crippen LogP contribution in [-0.4, -0.2) is 51.1 Å². The van der Waals surface area contributed by atoms with Gasteiger partial charge in [-0.3, -0.25) is 0 Å². The van der Waals surface area contributed by atoms with Crippen molar-refractivity contribution in [1.29, 1.82) is 0 Å². The molecule has 140 valence electrons. The Kier molecular flexibility index (Phi) is 6.47. The van der Waals surface area contributed by atoms with E-state index in [1.807, 2.05) is 12.1 Å². The summed E-state index contributed by atoms with van der Waals surface area (Å²) in [5, 5.41) is 0. The van der Waals surface area contributed by atoms with E-state index in [9.17, 15) is 9.59 Å². The Balaban J connectivity index is 2.24. The van der Waals surface area contributed by atoms with Gasteiger partial charge >= 0.3 is 12.1 Å². The number of nitrogens with zero attached hydrogens (tertiary/aromatic N) is 2. The first kappa shape index (κ1) is 19.6. The van der Waals surface area contributed by atoms with Crippen LogP contribution in [0.1, 0.15) is 20.8 Å². The van der Waals surface area contributed by atoms with Crippen LogP contribution >= 0.6 is 0 Å². The summed E-state index contributed by atoms with van der Waals surface area (Å²) in [6, 6.07) is 9.84. The number of amides is 1. The SMILES string of the molecule is COC(=O)C#CN(C(=O)OC(C)(C)C)c1ccc(N2CCOCC2)cc1. The predicted octanol–water partition coefficient (Wildman–Crippen LogP) is 2.40. The molecular formula is C19H24N2O5. The Labute approximate surface area is 153 Å². The van der Waals surface area contributed by atoms with Crippen molar-refractivity contribution < 1.29 is 23.8 Å². The highest BCUT2D eigenvalue weighted by atomic mass is 16.6. The van der Waals surface area contributed by atoms with Crippen molar-refractivity contribution in [2.45, 2.75) is 26.4 Å². The van der Waals surface area contributed by atoms with Crippen molar-refractivity contribution in [3.8, 4) is 12.0 Å². The van der Waals surface area contributed by atoms with Crippen molar-refractivity contribution in [2.75, 3.05) is 43.2 Å². The number of morpholine rings is 1. The molecule has 1 aliphatic rings. The monoisotopic (exact) mass is 360 g/mol. The third kappa shape index (κ3) is 5.67. The lowest BCUT2D eigenvalue weighted by molar-refractivity contribution is -0.133. The van der Waals surface area contributed by atoms with Crippen molar-refractivity contribution in [2.24, 2.45) is 0 Å². The number of carbonyl (C=O) groups excluding carboxylic acids is 2. The van der Waals surface area contributed by atoms with Gasteiger partial charge in [0.15, 0.2) is 0 Å². The number of rotatable bonds is 2. The zero-order chi connectivity index (χ0) is 19.2. The van der Waals surface area contributed by atoms with Gasteiger partial charge in [-0.1, -0.05) is 0 Å². The highest BCUT2D eigenvalue weighted by molar-refractivity contribution is 5.95. The Morgan fingerprint density at radius 2 is 1.77 bits per heavy atom. The summed E-state index contributed by atoms with van der Waals surface area (Å²) in [6.07, 6.45) is -0.659. The van der Waals surface area contributed by atoms with E-state index in [4.69, 9.17) is 9.47 Å². The maximum Gasteiger partial charge on any atom is 0.426 e. The fourth-order valence-corrected chi connectivity index (χ4v) is 2.31. The Morgan fingerprint density at radius 3 is 2.31 bits per heavy atom. The van der Waals surface area contributed by atoms with Crippen LogP contribution < -0.4 is 9.80 Å². The normalized spacial score (nSPS) is 14.1. The molecule has 0 bridgehead atoms. The first-order valence-corrected chi connectivity index (χ1v) is 8.35. The quantitative estimate of drug-likeness (QED) is 0.458. The number of hydrogen-bond acceptors (Lipinski definition) is 6. The topological polar surface area (TPSA) is 68.3 Å². The molecule has 0 radical (unpaired) electrons. The van der Waals surface area contributed by atoms with E-state index in [0.717, 1.165) is 23.7 Å². The second-order valence-corrected chi connectivity index (χ2v) is 6.66. The summed E-state index contributed by atoms with van der Waals surface area (Å²) < 4.78 is 15.2. The number of ether oxygens (including phenoxy) is 3. The van der Waals surface area contributed by atoms with Gasteiger partial charge in [-0.15, -0.1) is 0 Å². The molecule has 0 aromatic heterocycles. The van der Waals surface area contributed by atoms with E-state index in [0.29, 0.717) is 18.9 Å². The van der Waals surface area contributed by atoms with E-state index in [1.165, 1.54) is 7.11 Å². The number of hydrogen-bond donors (Lipinski definition) is 0. The zero-order valence-corrected chi connectivity index (χ0v) is 15.6. The van der Waals surface area contributed by atoms with Gasteiger partial charge < -0.3 is 19.1 Å². The van der Waals surface area contributed by atoms with Gasteiger partial charge in [-0.05, 0) is 45.0 Å². The van der Waals surface area contributed by atoms with Crippen LogP contribution in [0.5, 0.6) is 0 Å². The summed E-state index contributed by atoms with van der Waals surface area (Å²) >= 11 is 0. The first-order valence-electron chi connectivity index (χ1n) is 8.35. The largest absolute Gasteiger partial charge is 0.459 e. The molecule has 7 heteroatoms. The molecule has 1 saturated heterocycles. The molecular weight excluding hydrogens is 336 g/mol. The molecule has 0 saturated carbocycles. The summed E-state index contributed by atoms with van der Waals surface area (Å²) in [5.74, 6) is 1.53. The van der Waals surface area contributed by atoms with Gasteiger partial charge in [0.2, 0.25) is 0 Å². The number of esters is 1. The van der Waals surface area contributed by atoms with E-state index >= 15 is 0 Å². The van der Waals surface area contributed by atoms with Gasteiger partial charge in [0.25, 0.3) is 0 Å². The van der Waals surface area contributed by atoms with Crippen LogP contribution in [0.3, 0.4) is 0 Å². The minimum atomic E-state index is -0.733.